The van der Waals surface area contributed by atoms with Crippen LogP contribution in [0.4, 0.5) is 4.39 Å². The minimum absolute atomic E-state index is 0.126. The Morgan fingerprint density at radius 1 is 1.14 bits per heavy atom. The largest absolute Gasteiger partial charge is 0.352 e. The number of H-pyrrole nitrogens is 2. The van der Waals surface area contributed by atoms with Gasteiger partial charge < -0.3 is 4.98 Å². The molecule has 0 aliphatic rings. The van der Waals surface area contributed by atoms with E-state index in [1.54, 1.807) is 18.2 Å². The molecule has 0 bridgehead atoms. The number of nitrogens with zero attached hydrogens (tertiary/aromatic N) is 1. The van der Waals surface area contributed by atoms with Crippen LogP contribution in [0.5, 0.6) is 0 Å². The summed E-state index contributed by atoms with van der Waals surface area (Å²) in [6.07, 6.45) is 0. The van der Waals surface area contributed by atoms with Crippen LogP contribution >= 0.6 is 0 Å². The van der Waals surface area contributed by atoms with Crippen LogP contribution in [0.25, 0.3) is 21.8 Å². The van der Waals surface area contributed by atoms with Gasteiger partial charge in [-0.1, -0.05) is 0 Å². The molecule has 2 N–H and O–H groups in total. The Balaban J connectivity index is 1.81. The van der Waals surface area contributed by atoms with Crippen LogP contribution in [-0.4, -0.2) is 21.0 Å². The molecule has 0 amide bonds. The second-order valence-corrected chi connectivity index (χ2v) is 5.32. The molecule has 0 aliphatic carbocycles. The fourth-order valence-electron chi connectivity index (χ4n) is 2.66. The quantitative estimate of drug-likeness (QED) is 0.553. The fourth-order valence-corrected chi connectivity index (χ4v) is 2.66. The van der Waals surface area contributed by atoms with E-state index in [-0.39, 0.29) is 11.6 Å². The fraction of sp³-hybridized carbons (Fsp3) is 0.0588. The van der Waals surface area contributed by atoms with Gasteiger partial charge in [-0.2, -0.15) is 5.10 Å². The van der Waals surface area contributed by atoms with E-state index >= 15 is 0 Å². The molecule has 108 valence electrons. The van der Waals surface area contributed by atoms with Gasteiger partial charge in [-0.25, -0.2) is 4.39 Å². The monoisotopic (exact) mass is 293 g/mol. The van der Waals surface area contributed by atoms with Gasteiger partial charge in [0.1, 0.15) is 5.82 Å². The lowest BCUT2D eigenvalue weighted by molar-refractivity contribution is 0.103. The third-order valence-corrected chi connectivity index (χ3v) is 3.83. The zero-order valence-corrected chi connectivity index (χ0v) is 11.8. The number of aromatic amines is 2. The average Bonchev–Trinajstić information content (AvgIpc) is 3.10. The molecule has 4 rings (SSSR count). The highest BCUT2D eigenvalue weighted by Gasteiger charge is 2.14. The molecule has 0 aliphatic heterocycles. The van der Waals surface area contributed by atoms with E-state index in [4.69, 9.17) is 0 Å². The van der Waals surface area contributed by atoms with Crippen molar-refractivity contribution in [3.05, 3.63) is 65.2 Å². The highest BCUT2D eigenvalue weighted by Crippen LogP contribution is 2.22. The number of carbonyl (C=O) groups is 1. The van der Waals surface area contributed by atoms with E-state index < -0.39 is 0 Å². The van der Waals surface area contributed by atoms with Crippen molar-refractivity contribution in [2.75, 3.05) is 0 Å². The molecule has 4 nitrogen and oxygen atoms in total. The molecule has 4 aromatic rings. The van der Waals surface area contributed by atoms with Crippen LogP contribution in [0.3, 0.4) is 0 Å². The van der Waals surface area contributed by atoms with E-state index in [1.807, 2.05) is 19.1 Å². The normalized spacial score (nSPS) is 11.4. The van der Waals surface area contributed by atoms with Crippen LogP contribution in [0.2, 0.25) is 0 Å². The first kappa shape index (κ1) is 12.8. The lowest BCUT2D eigenvalue weighted by Gasteiger charge is -1.99. The van der Waals surface area contributed by atoms with Crippen molar-refractivity contribution in [1.82, 2.24) is 15.2 Å². The van der Waals surface area contributed by atoms with Gasteiger partial charge in [0.25, 0.3) is 0 Å². The van der Waals surface area contributed by atoms with Crippen molar-refractivity contribution in [1.29, 1.82) is 0 Å². The van der Waals surface area contributed by atoms with Gasteiger partial charge in [0.2, 0.25) is 5.78 Å². The van der Waals surface area contributed by atoms with Crippen LogP contribution in [0.15, 0.2) is 42.5 Å². The van der Waals surface area contributed by atoms with Gasteiger partial charge in [-0.05, 0) is 49.4 Å². The molecule has 2 aromatic carbocycles. The van der Waals surface area contributed by atoms with Gasteiger partial charge in [0.15, 0.2) is 0 Å². The summed E-state index contributed by atoms with van der Waals surface area (Å²) in [7, 11) is 0. The smallest absolute Gasteiger partial charge is 0.209 e. The van der Waals surface area contributed by atoms with Crippen molar-refractivity contribution in [2.24, 2.45) is 0 Å². The summed E-state index contributed by atoms with van der Waals surface area (Å²) < 4.78 is 13.2. The summed E-state index contributed by atoms with van der Waals surface area (Å²) in [6, 6.07) is 11.5. The molecule has 22 heavy (non-hydrogen) atoms. The predicted octanol–water partition coefficient (Wildman–Crippen LogP) is 3.72. The van der Waals surface area contributed by atoms with E-state index in [9.17, 15) is 9.18 Å². The number of aryl methyl sites for hydroxylation is 1. The van der Waals surface area contributed by atoms with Gasteiger partial charge in [-0.3, -0.25) is 9.89 Å². The summed E-state index contributed by atoms with van der Waals surface area (Å²) in [4.78, 5) is 15.7. The Kier molecular flexibility index (Phi) is 2.63. The van der Waals surface area contributed by atoms with Crippen LogP contribution in [-0.2, 0) is 0 Å². The molecule has 0 radical (unpaired) electrons. The number of benzene rings is 2. The third kappa shape index (κ3) is 1.90. The maximum atomic E-state index is 13.2. The van der Waals surface area contributed by atoms with Crippen molar-refractivity contribution in [2.45, 2.75) is 6.92 Å². The Morgan fingerprint density at radius 2 is 2.00 bits per heavy atom. The second-order valence-electron chi connectivity index (χ2n) is 5.32. The first-order chi connectivity index (χ1) is 10.6. The van der Waals surface area contributed by atoms with Crippen molar-refractivity contribution in [3.63, 3.8) is 0 Å². The molecule has 0 fully saturated rings. The average molecular weight is 293 g/mol. The van der Waals surface area contributed by atoms with Gasteiger partial charge >= 0.3 is 0 Å². The lowest BCUT2D eigenvalue weighted by atomic mass is 10.1. The van der Waals surface area contributed by atoms with E-state index in [1.165, 1.54) is 12.1 Å². The topological polar surface area (TPSA) is 61.5 Å². The number of aromatic nitrogens is 3. The second kappa shape index (κ2) is 4.53. The lowest BCUT2D eigenvalue weighted by Crippen LogP contribution is -2.01. The number of ketones is 1. The van der Waals surface area contributed by atoms with Crippen LogP contribution in [0, 0.1) is 12.7 Å². The molecular formula is C17H12FN3O. The molecule has 0 spiro atoms. The molecule has 5 heteroatoms. The Bertz CT molecular complexity index is 1030. The number of hydrogen-bond acceptors (Lipinski definition) is 2. The first-order valence-corrected chi connectivity index (χ1v) is 6.89. The number of nitrogens with one attached hydrogen (secondary N) is 2. The van der Waals surface area contributed by atoms with E-state index in [2.05, 4.69) is 15.2 Å². The molecule has 2 aromatic heterocycles. The number of rotatable bonds is 2. The summed E-state index contributed by atoms with van der Waals surface area (Å²) in [5.74, 6) is -0.444. The SMILES string of the molecule is Cc1[nH]nc2ccc(C(=O)c3cc4cc(F)ccc4[nH]3)cc12. The molecule has 0 unspecified atom stereocenters. The van der Waals surface area contributed by atoms with Gasteiger partial charge in [-0.15, -0.1) is 0 Å². The first-order valence-electron chi connectivity index (χ1n) is 6.89. The molecule has 0 atom stereocenters. The van der Waals surface area contributed by atoms with Crippen molar-refractivity contribution in [3.8, 4) is 0 Å². The number of carbonyl (C=O) groups excluding carboxylic acids is 1. The molecular weight excluding hydrogens is 281 g/mol. The van der Waals surface area contributed by atoms with E-state index in [0.717, 1.165) is 22.1 Å². The zero-order valence-electron chi connectivity index (χ0n) is 11.8. The van der Waals surface area contributed by atoms with Gasteiger partial charge in [0, 0.05) is 27.5 Å². The minimum atomic E-state index is -0.319. The van der Waals surface area contributed by atoms with Crippen LogP contribution < -0.4 is 0 Å². The van der Waals surface area contributed by atoms with Gasteiger partial charge in [0.05, 0.1) is 11.2 Å². The number of fused-ring (bicyclic) bond motifs is 2. The summed E-state index contributed by atoms with van der Waals surface area (Å²) in [5, 5.41) is 8.66. The minimum Gasteiger partial charge on any atom is -0.352 e. The Labute approximate surface area is 125 Å². The highest BCUT2D eigenvalue weighted by molar-refractivity contribution is 6.11. The van der Waals surface area contributed by atoms with E-state index in [0.29, 0.717) is 16.6 Å². The number of hydrogen-bond donors (Lipinski definition) is 2. The Hall–Kier alpha value is -2.95. The van der Waals surface area contributed by atoms with Crippen molar-refractivity contribution < 1.29 is 9.18 Å². The number of halogens is 1. The zero-order chi connectivity index (χ0) is 15.3. The third-order valence-electron chi connectivity index (χ3n) is 3.83. The highest BCUT2D eigenvalue weighted by atomic mass is 19.1. The van der Waals surface area contributed by atoms with Crippen LogP contribution in [0.1, 0.15) is 21.7 Å². The maximum absolute atomic E-state index is 13.2. The molecule has 0 saturated carbocycles. The summed E-state index contributed by atoms with van der Waals surface area (Å²) in [5.41, 5.74) is 3.51. The maximum Gasteiger partial charge on any atom is 0.209 e. The summed E-state index contributed by atoms with van der Waals surface area (Å²) in [6.45, 7) is 1.91. The van der Waals surface area contributed by atoms with Crippen molar-refractivity contribution >= 4 is 27.6 Å². The Morgan fingerprint density at radius 3 is 2.86 bits per heavy atom. The molecule has 2 heterocycles. The summed E-state index contributed by atoms with van der Waals surface area (Å²) >= 11 is 0. The molecule has 0 saturated heterocycles. The predicted molar refractivity (Wildman–Crippen MR) is 82.5 cm³/mol. The standard InChI is InChI=1S/C17H12FN3O/c1-9-13-7-10(2-4-15(13)21-20-9)17(22)16-8-11-6-12(18)3-5-14(11)19-16/h2-8,19H,1H3,(H,20,21).